The van der Waals surface area contributed by atoms with Crippen molar-refractivity contribution in [3.8, 4) is 6.07 Å². The number of aromatic nitrogens is 1. The zero-order valence-electron chi connectivity index (χ0n) is 9.62. The van der Waals surface area contributed by atoms with Gasteiger partial charge in [-0.2, -0.15) is 5.26 Å². The number of aliphatic hydroxyl groups is 1. The van der Waals surface area contributed by atoms with Crippen LogP contribution in [0.2, 0.25) is 0 Å². The van der Waals surface area contributed by atoms with Crippen LogP contribution < -0.4 is 5.56 Å². The Labute approximate surface area is 98.7 Å². The predicted octanol–water partition coefficient (Wildman–Crippen LogP) is 0.764. The van der Waals surface area contributed by atoms with Crippen molar-refractivity contribution >= 4 is 5.78 Å². The number of hydrogen-bond donors (Lipinski definition) is 2. The normalized spacial score (nSPS) is 9.94. The Morgan fingerprint density at radius 1 is 1.59 bits per heavy atom. The molecule has 5 nitrogen and oxygen atoms in total. The minimum atomic E-state index is -0.629. The van der Waals surface area contributed by atoms with E-state index < -0.39 is 17.9 Å². The summed E-state index contributed by atoms with van der Waals surface area (Å²) in [7, 11) is 0. The number of nitrogens with zero attached hydrogens (tertiary/aromatic N) is 1. The smallest absolute Gasteiger partial charge is 0.266 e. The summed E-state index contributed by atoms with van der Waals surface area (Å²) in [4.78, 5) is 25.5. The Morgan fingerprint density at radius 2 is 2.29 bits per heavy atom. The van der Waals surface area contributed by atoms with Gasteiger partial charge < -0.3 is 10.1 Å². The van der Waals surface area contributed by atoms with Crippen molar-refractivity contribution in [3.05, 3.63) is 33.2 Å². The third-order valence-corrected chi connectivity index (χ3v) is 2.47. The minimum Gasteiger partial charge on any atom is -0.388 e. The average Bonchev–Trinajstić information content (AvgIpc) is 2.35. The number of carbonyl (C=O) groups excluding carboxylic acids is 1. The number of rotatable bonds is 5. The summed E-state index contributed by atoms with van der Waals surface area (Å²) in [6.07, 6.45) is 2.31. The SMILES string of the molecule is CCCCc1[nH]c(=O)c(C#N)cc1C(=O)CO. The largest absolute Gasteiger partial charge is 0.388 e. The van der Waals surface area contributed by atoms with Gasteiger partial charge in [0.1, 0.15) is 18.2 Å². The van der Waals surface area contributed by atoms with E-state index in [0.717, 1.165) is 12.8 Å². The van der Waals surface area contributed by atoms with Gasteiger partial charge >= 0.3 is 0 Å². The molecule has 0 radical (unpaired) electrons. The second kappa shape index (κ2) is 5.97. The molecule has 0 atom stereocenters. The van der Waals surface area contributed by atoms with Gasteiger partial charge in [-0.25, -0.2) is 0 Å². The summed E-state index contributed by atoms with van der Waals surface area (Å²) in [5.74, 6) is -0.483. The number of pyridine rings is 1. The van der Waals surface area contributed by atoms with E-state index in [1.165, 1.54) is 6.07 Å². The van der Waals surface area contributed by atoms with Crippen molar-refractivity contribution in [2.24, 2.45) is 0 Å². The Bertz CT molecular complexity index is 511. The zero-order valence-corrected chi connectivity index (χ0v) is 9.62. The lowest BCUT2D eigenvalue weighted by molar-refractivity contribution is 0.0902. The fourth-order valence-corrected chi connectivity index (χ4v) is 1.54. The Kier molecular flexibility index (Phi) is 4.61. The van der Waals surface area contributed by atoms with Crippen molar-refractivity contribution in [2.45, 2.75) is 26.2 Å². The number of Topliss-reactive ketones (excluding diaryl/α,β-unsaturated/α-hetero) is 1. The summed E-state index contributed by atoms with van der Waals surface area (Å²) in [6.45, 7) is 1.37. The van der Waals surface area contributed by atoms with E-state index in [1.807, 2.05) is 6.92 Å². The highest BCUT2D eigenvalue weighted by Crippen LogP contribution is 2.10. The summed E-state index contributed by atoms with van der Waals surface area (Å²) in [5, 5.41) is 17.6. The first-order valence-corrected chi connectivity index (χ1v) is 5.44. The standard InChI is InChI=1S/C12H14N2O3/c1-2-3-4-10-9(11(16)7-15)5-8(6-13)12(17)14-10/h5,15H,2-4,7H2,1H3,(H,14,17). The molecule has 2 N–H and O–H groups in total. The molecule has 1 heterocycles. The predicted molar refractivity (Wildman–Crippen MR) is 61.8 cm³/mol. The molecule has 0 aromatic carbocycles. The first-order chi connectivity index (χ1) is 8.13. The number of ketones is 1. The zero-order chi connectivity index (χ0) is 12.8. The number of unbranched alkanes of at least 4 members (excludes halogenated alkanes) is 1. The summed E-state index contributed by atoms with van der Waals surface area (Å²) in [6, 6.07) is 2.97. The maximum Gasteiger partial charge on any atom is 0.266 e. The third kappa shape index (κ3) is 3.02. The summed E-state index contributed by atoms with van der Waals surface area (Å²) < 4.78 is 0. The van der Waals surface area contributed by atoms with Crippen LogP contribution in [0.4, 0.5) is 0 Å². The van der Waals surface area contributed by atoms with Gasteiger partial charge in [0.05, 0.1) is 0 Å². The number of nitriles is 1. The lowest BCUT2D eigenvalue weighted by atomic mass is 10.0. The molecule has 0 aliphatic heterocycles. The summed E-state index contributed by atoms with van der Waals surface area (Å²) in [5.41, 5.74) is 0.127. The Morgan fingerprint density at radius 3 is 2.82 bits per heavy atom. The Hall–Kier alpha value is -1.93. The maximum absolute atomic E-state index is 11.5. The van der Waals surface area contributed by atoms with Gasteiger partial charge in [-0.15, -0.1) is 0 Å². The van der Waals surface area contributed by atoms with E-state index in [2.05, 4.69) is 4.98 Å². The molecule has 5 heteroatoms. The van der Waals surface area contributed by atoms with Crippen molar-refractivity contribution in [1.29, 1.82) is 5.26 Å². The molecule has 90 valence electrons. The van der Waals surface area contributed by atoms with Crippen molar-refractivity contribution in [3.63, 3.8) is 0 Å². The molecule has 0 unspecified atom stereocenters. The molecular weight excluding hydrogens is 220 g/mol. The van der Waals surface area contributed by atoms with E-state index in [4.69, 9.17) is 10.4 Å². The van der Waals surface area contributed by atoms with Gasteiger partial charge in [0.15, 0.2) is 5.78 Å². The second-order valence-corrected chi connectivity index (χ2v) is 3.70. The summed E-state index contributed by atoms with van der Waals surface area (Å²) >= 11 is 0. The highest BCUT2D eigenvalue weighted by molar-refractivity contribution is 5.98. The van der Waals surface area contributed by atoms with Gasteiger partial charge in [0.2, 0.25) is 0 Å². The van der Waals surface area contributed by atoms with Crippen LogP contribution in [-0.4, -0.2) is 22.5 Å². The van der Waals surface area contributed by atoms with Crippen molar-refractivity contribution in [2.75, 3.05) is 6.61 Å². The average molecular weight is 234 g/mol. The number of H-pyrrole nitrogens is 1. The number of aliphatic hydroxyl groups excluding tert-OH is 1. The number of aryl methyl sites for hydroxylation is 1. The quantitative estimate of drug-likeness (QED) is 0.735. The van der Waals surface area contributed by atoms with Crippen LogP contribution in [0.1, 0.15) is 41.4 Å². The first-order valence-electron chi connectivity index (χ1n) is 5.44. The fourth-order valence-electron chi connectivity index (χ4n) is 1.54. The molecule has 0 amide bonds. The molecule has 1 rings (SSSR count). The van der Waals surface area contributed by atoms with E-state index in [1.54, 1.807) is 6.07 Å². The topological polar surface area (TPSA) is 94.0 Å². The fraction of sp³-hybridized carbons (Fsp3) is 0.417. The van der Waals surface area contributed by atoms with Gasteiger partial charge in [0, 0.05) is 11.3 Å². The number of aromatic amines is 1. The Balaban J connectivity index is 3.27. The molecule has 1 aromatic heterocycles. The lowest BCUT2D eigenvalue weighted by Crippen LogP contribution is -2.19. The molecule has 0 spiro atoms. The highest BCUT2D eigenvalue weighted by atomic mass is 16.3. The monoisotopic (exact) mass is 234 g/mol. The van der Waals surface area contributed by atoms with E-state index in [-0.39, 0.29) is 11.1 Å². The van der Waals surface area contributed by atoms with E-state index in [0.29, 0.717) is 12.1 Å². The maximum atomic E-state index is 11.5. The molecule has 0 fully saturated rings. The van der Waals surface area contributed by atoms with Crippen LogP contribution >= 0.6 is 0 Å². The lowest BCUT2D eigenvalue weighted by Gasteiger charge is -2.07. The number of nitrogens with one attached hydrogen (secondary N) is 1. The third-order valence-electron chi connectivity index (χ3n) is 2.47. The van der Waals surface area contributed by atoms with Gasteiger partial charge in [-0.1, -0.05) is 13.3 Å². The van der Waals surface area contributed by atoms with Crippen LogP contribution in [0.3, 0.4) is 0 Å². The van der Waals surface area contributed by atoms with Gasteiger partial charge in [0.25, 0.3) is 5.56 Å². The van der Waals surface area contributed by atoms with E-state index >= 15 is 0 Å². The number of hydrogen-bond acceptors (Lipinski definition) is 4. The molecular formula is C12H14N2O3. The molecule has 0 aliphatic rings. The van der Waals surface area contributed by atoms with Crippen LogP contribution in [0.15, 0.2) is 10.9 Å². The van der Waals surface area contributed by atoms with Crippen LogP contribution in [0, 0.1) is 11.3 Å². The molecule has 0 aliphatic carbocycles. The van der Waals surface area contributed by atoms with Crippen LogP contribution in [-0.2, 0) is 6.42 Å². The highest BCUT2D eigenvalue weighted by Gasteiger charge is 2.14. The van der Waals surface area contributed by atoms with Crippen LogP contribution in [0.25, 0.3) is 0 Å². The second-order valence-electron chi connectivity index (χ2n) is 3.70. The van der Waals surface area contributed by atoms with Crippen LogP contribution in [0.5, 0.6) is 0 Å². The minimum absolute atomic E-state index is 0.109. The van der Waals surface area contributed by atoms with Gasteiger partial charge in [-0.3, -0.25) is 9.59 Å². The number of carbonyl (C=O) groups is 1. The van der Waals surface area contributed by atoms with Crippen molar-refractivity contribution in [1.82, 2.24) is 4.98 Å². The van der Waals surface area contributed by atoms with E-state index in [9.17, 15) is 9.59 Å². The molecule has 0 bridgehead atoms. The molecule has 17 heavy (non-hydrogen) atoms. The molecule has 1 aromatic rings. The van der Waals surface area contributed by atoms with Crippen molar-refractivity contribution < 1.29 is 9.90 Å². The first kappa shape index (κ1) is 13.1. The molecule has 0 saturated heterocycles. The molecule has 0 saturated carbocycles. The van der Waals surface area contributed by atoms with Gasteiger partial charge in [-0.05, 0) is 18.9 Å².